The van der Waals surface area contributed by atoms with E-state index in [9.17, 15) is 5.11 Å². The van der Waals surface area contributed by atoms with Gasteiger partial charge in [0.2, 0.25) is 0 Å². The van der Waals surface area contributed by atoms with Crippen molar-refractivity contribution in [3.63, 3.8) is 0 Å². The zero-order valence-electron chi connectivity index (χ0n) is 7.99. The van der Waals surface area contributed by atoms with Crippen LogP contribution in [0.15, 0.2) is 34.8 Å². The van der Waals surface area contributed by atoms with Gasteiger partial charge in [-0.1, -0.05) is 15.9 Å². The van der Waals surface area contributed by atoms with E-state index < -0.39 is 0 Å². The molecule has 1 aromatic heterocycles. The second-order valence-corrected chi connectivity index (χ2v) is 7.37. The summed E-state index contributed by atoms with van der Waals surface area (Å²) in [6, 6.07) is 3.65. The van der Waals surface area contributed by atoms with Crippen molar-refractivity contribution in [1.82, 2.24) is 4.98 Å². The summed E-state index contributed by atoms with van der Waals surface area (Å²) in [7, 11) is 0. The standard InChI is InChI=1S/C10H4Br5NO/c11-3-1-4(8(17)5(12)2-3)6-7(13)10(15)16-9(6)14/h1-2,16-17H. The lowest BCUT2D eigenvalue weighted by atomic mass is 10.1. The van der Waals surface area contributed by atoms with Crippen molar-refractivity contribution >= 4 is 79.6 Å². The molecule has 2 nitrogen and oxygen atoms in total. The molecule has 1 heterocycles. The highest BCUT2D eigenvalue weighted by atomic mass is 79.9. The highest BCUT2D eigenvalue weighted by Crippen LogP contribution is 2.46. The molecule has 7 heteroatoms. The molecule has 0 amide bonds. The van der Waals surface area contributed by atoms with Gasteiger partial charge in [0.15, 0.2) is 0 Å². The van der Waals surface area contributed by atoms with E-state index in [0.717, 1.165) is 23.7 Å². The fourth-order valence-corrected chi connectivity index (χ4v) is 4.69. The van der Waals surface area contributed by atoms with Crippen LogP contribution in [-0.2, 0) is 0 Å². The van der Waals surface area contributed by atoms with Crippen LogP contribution in [0.4, 0.5) is 0 Å². The van der Waals surface area contributed by atoms with Crippen LogP contribution in [0.3, 0.4) is 0 Å². The topological polar surface area (TPSA) is 36.0 Å². The molecular weight excluding hydrogens is 550 g/mol. The molecule has 2 rings (SSSR count). The van der Waals surface area contributed by atoms with Crippen LogP contribution in [0.1, 0.15) is 0 Å². The van der Waals surface area contributed by atoms with Crippen LogP contribution in [0.25, 0.3) is 11.1 Å². The fourth-order valence-electron chi connectivity index (χ4n) is 1.41. The number of halogens is 5. The van der Waals surface area contributed by atoms with E-state index in [0.29, 0.717) is 10.0 Å². The van der Waals surface area contributed by atoms with E-state index in [2.05, 4.69) is 84.6 Å². The Bertz CT molecular complexity index is 593. The molecule has 0 aliphatic rings. The minimum atomic E-state index is 0.195. The number of hydrogen-bond acceptors (Lipinski definition) is 1. The lowest BCUT2D eigenvalue weighted by molar-refractivity contribution is 0.474. The Morgan fingerprint density at radius 1 is 0.941 bits per heavy atom. The number of phenolic OH excluding ortho intramolecular Hbond substituents is 1. The van der Waals surface area contributed by atoms with Crippen LogP contribution in [-0.4, -0.2) is 10.1 Å². The number of phenols is 1. The van der Waals surface area contributed by atoms with Crippen LogP contribution in [0, 0.1) is 0 Å². The summed E-state index contributed by atoms with van der Waals surface area (Å²) in [5.74, 6) is 0.195. The molecule has 90 valence electrons. The average molecular weight is 554 g/mol. The molecule has 0 saturated heterocycles. The molecule has 2 N–H and O–H groups in total. The van der Waals surface area contributed by atoms with Gasteiger partial charge >= 0.3 is 0 Å². The molecule has 2 aromatic rings. The Morgan fingerprint density at radius 3 is 2.12 bits per heavy atom. The maximum Gasteiger partial charge on any atom is 0.137 e. The van der Waals surface area contributed by atoms with Crippen molar-refractivity contribution in [3.8, 4) is 16.9 Å². The first kappa shape index (κ1) is 14.1. The molecule has 0 aliphatic heterocycles. The van der Waals surface area contributed by atoms with Crippen LogP contribution in [0.2, 0.25) is 0 Å². The van der Waals surface area contributed by atoms with Gasteiger partial charge in [0.25, 0.3) is 0 Å². The van der Waals surface area contributed by atoms with Gasteiger partial charge in [-0.05, 0) is 75.9 Å². The summed E-state index contributed by atoms with van der Waals surface area (Å²) >= 11 is 17.0. The Morgan fingerprint density at radius 2 is 1.59 bits per heavy atom. The predicted molar refractivity (Wildman–Crippen MR) is 86.4 cm³/mol. The van der Waals surface area contributed by atoms with Gasteiger partial charge in [-0.25, -0.2) is 0 Å². The number of aromatic amines is 1. The van der Waals surface area contributed by atoms with Gasteiger partial charge in [0.1, 0.15) is 5.75 Å². The summed E-state index contributed by atoms with van der Waals surface area (Å²) in [6.07, 6.45) is 0. The van der Waals surface area contributed by atoms with Gasteiger partial charge < -0.3 is 10.1 Å². The second kappa shape index (κ2) is 5.36. The summed E-state index contributed by atoms with van der Waals surface area (Å²) in [4.78, 5) is 3.09. The number of benzene rings is 1. The molecule has 1 aromatic carbocycles. The van der Waals surface area contributed by atoms with E-state index in [1.807, 2.05) is 6.07 Å². The Kier molecular flexibility index (Phi) is 4.45. The van der Waals surface area contributed by atoms with Gasteiger partial charge in [0.05, 0.1) is 18.2 Å². The SMILES string of the molecule is Oc1c(Br)cc(Br)cc1-c1c(Br)[nH]c(Br)c1Br. The van der Waals surface area contributed by atoms with Crippen molar-refractivity contribution in [2.24, 2.45) is 0 Å². The Hall–Kier alpha value is 0.700. The van der Waals surface area contributed by atoms with Crippen molar-refractivity contribution in [1.29, 1.82) is 0 Å². The van der Waals surface area contributed by atoms with E-state index in [-0.39, 0.29) is 5.75 Å². The third-order valence-electron chi connectivity index (χ3n) is 2.15. The number of hydrogen-bond donors (Lipinski definition) is 2. The van der Waals surface area contributed by atoms with Crippen LogP contribution < -0.4 is 0 Å². The molecular formula is C10H4Br5NO. The molecule has 0 bridgehead atoms. The van der Waals surface area contributed by atoms with Gasteiger partial charge in [-0.3, -0.25) is 0 Å². The van der Waals surface area contributed by atoms with E-state index >= 15 is 0 Å². The van der Waals surface area contributed by atoms with E-state index in [1.54, 1.807) is 6.07 Å². The van der Waals surface area contributed by atoms with Crippen LogP contribution in [0.5, 0.6) is 5.75 Å². The third kappa shape index (κ3) is 2.68. The van der Waals surface area contributed by atoms with Crippen molar-refractivity contribution in [2.75, 3.05) is 0 Å². The minimum absolute atomic E-state index is 0.195. The van der Waals surface area contributed by atoms with Gasteiger partial charge in [-0.15, -0.1) is 0 Å². The molecule has 0 radical (unpaired) electrons. The first-order valence-electron chi connectivity index (χ1n) is 4.32. The molecule has 0 spiro atoms. The quantitative estimate of drug-likeness (QED) is 0.434. The highest BCUT2D eigenvalue weighted by molar-refractivity contribution is 9.13. The smallest absolute Gasteiger partial charge is 0.137 e. The molecule has 0 fully saturated rings. The third-order valence-corrected chi connectivity index (χ3v) is 5.73. The monoisotopic (exact) mass is 549 g/mol. The number of nitrogens with one attached hydrogen (secondary N) is 1. The highest BCUT2D eigenvalue weighted by Gasteiger charge is 2.19. The molecule has 0 saturated carbocycles. The summed E-state index contributed by atoms with van der Waals surface area (Å²) in [5, 5.41) is 10.1. The number of rotatable bonds is 1. The summed E-state index contributed by atoms with van der Waals surface area (Å²) < 4.78 is 3.97. The molecule has 0 atom stereocenters. The minimum Gasteiger partial charge on any atom is -0.506 e. The maximum absolute atomic E-state index is 10.1. The predicted octanol–water partition coefficient (Wildman–Crippen LogP) is 6.20. The maximum atomic E-state index is 10.1. The number of aromatic nitrogens is 1. The normalized spacial score (nSPS) is 10.9. The lowest BCUT2D eigenvalue weighted by Gasteiger charge is -2.07. The Balaban J connectivity index is 2.76. The number of aromatic hydroxyl groups is 1. The van der Waals surface area contributed by atoms with E-state index in [4.69, 9.17) is 0 Å². The van der Waals surface area contributed by atoms with Gasteiger partial charge in [-0.2, -0.15) is 0 Å². The number of H-pyrrole nitrogens is 1. The van der Waals surface area contributed by atoms with Crippen molar-refractivity contribution in [3.05, 3.63) is 34.8 Å². The van der Waals surface area contributed by atoms with E-state index in [1.165, 1.54) is 0 Å². The molecule has 17 heavy (non-hydrogen) atoms. The molecule has 0 unspecified atom stereocenters. The summed E-state index contributed by atoms with van der Waals surface area (Å²) in [5.41, 5.74) is 1.57. The largest absolute Gasteiger partial charge is 0.506 e. The molecule has 0 aliphatic carbocycles. The zero-order chi connectivity index (χ0) is 12.7. The van der Waals surface area contributed by atoms with Crippen LogP contribution >= 0.6 is 79.6 Å². The van der Waals surface area contributed by atoms with Crippen molar-refractivity contribution in [2.45, 2.75) is 0 Å². The fraction of sp³-hybridized carbons (Fsp3) is 0. The second-order valence-electron chi connectivity index (χ2n) is 3.23. The zero-order valence-corrected chi connectivity index (χ0v) is 15.9. The summed E-state index contributed by atoms with van der Waals surface area (Å²) in [6.45, 7) is 0. The lowest BCUT2D eigenvalue weighted by Crippen LogP contribution is -1.81. The first-order valence-corrected chi connectivity index (χ1v) is 8.29. The first-order chi connectivity index (χ1) is 7.91. The Labute approximate surface area is 140 Å². The van der Waals surface area contributed by atoms with Gasteiger partial charge in [0, 0.05) is 15.6 Å². The van der Waals surface area contributed by atoms with Crippen molar-refractivity contribution < 1.29 is 5.11 Å². The average Bonchev–Trinajstić information content (AvgIpc) is 2.48.